The average molecular weight is 242 g/mol. The molecule has 4 heteroatoms. The molecule has 1 aliphatic heterocycles. The summed E-state index contributed by atoms with van der Waals surface area (Å²) in [5.41, 5.74) is 0.846. The lowest BCUT2D eigenvalue weighted by atomic mass is 10.2. The Bertz CT molecular complexity index is 234. The highest BCUT2D eigenvalue weighted by Crippen LogP contribution is 2.03. The number of morpholine rings is 1. The summed E-state index contributed by atoms with van der Waals surface area (Å²) in [6.07, 6.45) is 1.89. The van der Waals surface area contributed by atoms with Crippen LogP contribution >= 0.6 is 0 Å². The summed E-state index contributed by atoms with van der Waals surface area (Å²) in [6.45, 7) is 12.6. The van der Waals surface area contributed by atoms with Crippen LogP contribution in [-0.2, 0) is 9.53 Å². The molecule has 1 rings (SSSR count). The van der Waals surface area contributed by atoms with Crippen LogP contribution in [0.3, 0.4) is 0 Å². The molecule has 0 atom stereocenters. The van der Waals surface area contributed by atoms with Gasteiger partial charge in [-0.15, -0.1) is 0 Å². The van der Waals surface area contributed by atoms with E-state index in [9.17, 15) is 4.79 Å². The zero-order chi connectivity index (χ0) is 13.1. The number of allylic oxidation sites excluding steroid dienone is 1. The second-order valence-electron chi connectivity index (χ2n) is 3.56. The molecule has 1 amide bonds. The molecule has 4 nitrogen and oxygen atoms in total. The lowest BCUT2D eigenvalue weighted by Crippen LogP contribution is -2.40. The molecule has 17 heavy (non-hydrogen) atoms. The van der Waals surface area contributed by atoms with Crippen molar-refractivity contribution in [2.45, 2.75) is 27.7 Å². The zero-order valence-electron chi connectivity index (χ0n) is 11.6. The predicted molar refractivity (Wildman–Crippen MR) is 71.0 cm³/mol. The molecule has 0 aromatic carbocycles. The fourth-order valence-corrected chi connectivity index (χ4v) is 1.57. The number of amides is 1. The van der Waals surface area contributed by atoms with Gasteiger partial charge in [0.1, 0.15) is 0 Å². The maximum atomic E-state index is 11.6. The fourth-order valence-electron chi connectivity index (χ4n) is 1.57. The normalized spacial score (nSPS) is 17.1. The molecular weight excluding hydrogens is 216 g/mol. The van der Waals surface area contributed by atoms with Crippen LogP contribution in [0.25, 0.3) is 0 Å². The molecule has 0 unspecified atom stereocenters. The van der Waals surface area contributed by atoms with Gasteiger partial charge < -0.3 is 10.1 Å². The highest BCUT2D eigenvalue weighted by atomic mass is 16.5. The minimum absolute atomic E-state index is 0.0477. The Labute approximate surface area is 105 Å². The molecule has 100 valence electrons. The Morgan fingerprint density at radius 2 is 1.94 bits per heavy atom. The summed E-state index contributed by atoms with van der Waals surface area (Å²) in [5.74, 6) is 0.0477. The average Bonchev–Trinajstić information content (AvgIpc) is 2.39. The molecule has 1 fully saturated rings. The van der Waals surface area contributed by atoms with E-state index in [1.165, 1.54) is 0 Å². The van der Waals surface area contributed by atoms with Gasteiger partial charge in [0.15, 0.2) is 0 Å². The van der Waals surface area contributed by atoms with E-state index in [1.54, 1.807) is 0 Å². The second-order valence-corrected chi connectivity index (χ2v) is 3.56. The predicted octanol–water partition coefficient (Wildman–Crippen LogP) is 1.43. The minimum Gasteiger partial charge on any atom is -0.379 e. The molecule has 0 bridgehead atoms. The summed E-state index contributed by atoms with van der Waals surface area (Å²) in [7, 11) is 0. The maximum absolute atomic E-state index is 11.6. The van der Waals surface area contributed by atoms with Crippen LogP contribution in [0.15, 0.2) is 11.6 Å². The highest BCUT2D eigenvalue weighted by molar-refractivity contribution is 5.93. The van der Waals surface area contributed by atoms with Crippen molar-refractivity contribution in [2.24, 2.45) is 0 Å². The lowest BCUT2D eigenvalue weighted by molar-refractivity contribution is -0.117. The third-order valence-corrected chi connectivity index (χ3v) is 2.48. The van der Waals surface area contributed by atoms with E-state index in [1.807, 2.05) is 33.8 Å². The maximum Gasteiger partial charge on any atom is 0.248 e. The van der Waals surface area contributed by atoms with Gasteiger partial charge in [-0.2, -0.15) is 0 Å². The number of hydrogen-bond donors (Lipinski definition) is 1. The van der Waals surface area contributed by atoms with Crippen LogP contribution in [0.2, 0.25) is 0 Å². The Balaban J connectivity index is 0.00000121. The quantitative estimate of drug-likeness (QED) is 0.758. The van der Waals surface area contributed by atoms with Crippen LogP contribution in [0, 0.1) is 0 Å². The summed E-state index contributed by atoms with van der Waals surface area (Å²) in [6, 6.07) is 0. The number of rotatable bonds is 4. The van der Waals surface area contributed by atoms with Gasteiger partial charge in [-0.25, -0.2) is 0 Å². The van der Waals surface area contributed by atoms with Crippen molar-refractivity contribution in [3.05, 3.63) is 11.6 Å². The Morgan fingerprint density at radius 3 is 2.41 bits per heavy atom. The topological polar surface area (TPSA) is 41.6 Å². The van der Waals surface area contributed by atoms with Crippen molar-refractivity contribution in [3.63, 3.8) is 0 Å². The number of nitrogens with one attached hydrogen (secondary N) is 1. The van der Waals surface area contributed by atoms with Gasteiger partial charge in [0.2, 0.25) is 5.91 Å². The molecule has 0 aromatic heterocycles. The SMILES string of the molecule is C/C=C(\CN1CCOCC1)C(=O)NCC.CC. The molecular formula is C13H26N2O2. The highest BCUT2D eigenvalue weighted by Gasteiger charge is 2.15. The smallest absolute Gasteiger partial charge is 0.248 e. The summed E-state index contributed by atoms with van der Waals surface area (Å²) >= 11 is 0. The molecule has 0 radical (unpaired) electrons. The first kappa shape index (κ1) is 16.1. The van der Waals surface area contributed by atoms with E-state index in [2.05, 4.69) is 10.2 Å². The molecule has 1 heterocycles. The van der Waals surface area contributed by atoms with Gasteiger partial charge in [-0.1, -0.05) is 19.9 Å². The van der Waals surface area contributed by atoms with E-state index >= 15 is 0 Å². The second kappa shape index (κ2) is 10.3. The Morgan fingerprint density at radius 1 is 1.35 bits per heavy atom. The first-order valence-corrected chi connectivity index (χ1v) is 6.51. The zero-order valence-corrected chi connectivity index (χ0v) is 11.6. The van der Waals surface area contributed by atoms with Gasteiger partial charge in [-0.05, 0) is 13.8 Å². The first-order chi connectivity index (χ1) is 8.27. The van der Waals surface area contributed by atoms with Gasteiger partial charge in [0.25, 0.3) is 0 Å². The number of nitrogens with zero attached hydrogens (tertiary/aromatic N) is 1. The van der Waals surface area contributed by atoms with E-state index in [0.29, 0.717) is 6.54 Å². The van der Waals surface area contributed by atoms with E-state index in [-0.39, 0.29) is 5.91 Å². The summed E-state index contributed by atoms with van der Waals surface area (Å²) in [5, 5.41) is 2.82. The van der Waals surface area contributed by atoms with Crippen molar-refractivity contribution >= 4 is 5.91 Å². The number of hydrogen-bond acceptors (Lipinski definition) is 3. The van der Waals surface area contributed by atoms with Crippen molar-refractivity contribution in [1.82, 2.24) is 10.2 Å². The van der Waals surface area contributed by atoms with Crippen molar-refractivity contribution in [3.8, 4) is 0 Å². The number of carbonyl (C=O) groups excluding carboxylic acids is 1. The molecule has 1 aliphatic rings. The molecule has 0 aromatic rings. The number of ether oxygens (including phenoxy) is 1. The molecule has 0 spiro atoms. The van der Waals surface area contributed by atoms with Gasteiger partial charge in [0.05, 0.1) is 13.2 Å². The van der Waals surface area contributed by atoms with Crippen LogP contribution in [-0.4, -0.2) is 50.2 Å². The minimum atomic E-state index is 0.0477. The molecule has 1 saturated heterocycles. The number of likely N-dealkylation sites (N-methyl/N-ethyl adjacent to an activating group) is 1. The van der Waals surface area contributed by atoms with Crippen molar-refractivity contribution < 1.29 is 9.53 Å². The van der Waals surface area contributed by atoms with Crippen LogP contribution in [0.5, 0.6) is 0 Å². The molecule has 0 saturated carbocycles. The first-order valence-electron chi connectivity index (χ1n) is 6.51. The lowest BCUT2D eigenvalue weighted by Gasteiger charge is -2.27. The summed E-state index contributed by atoms with van der Waals surface area (Å²) in [4.78, 5) is 13.9. The van der Waals surface area contributed by atoms with Crippen molar-refractivity contribution in [1.29, 1.82) is 0 Å². The van der Waals surface area contributed by atoms with E-state index in [0.717, 1.165) is 38.4 Å². The van der Waals surface area contributed by atoms with E-state index < -0.39 is 0 Å². The number of carbonyl (C=O) groups is 1. The Hall–Kier alpha value is -0.870. The van der Waals surface area contributed by atoms with Crippen LogP contribution in [0.4, 0.5) is 0 Å². The third-order valence-electron chi connectivity index (χ3n) is 2.48. The standard InChI is InChI=1S/C11H20N2O2.C2H6/c1-3-10(11(14)12-4-2)9-13-5-7-15-8-6-13;1-2/h3H,4-9H2,1-2H3,(H,12,14);1-2H3/b10-3+;. The summed E-state index contributed by atoms with van der Waals surface area (Å²) < 4.78 is 5.26. The molecule has 1 N–H and O–H groups in total. The van der Waals surface area contributed by atoms with Crippen LogP contribution in [0.1, 0.15) is 27.7 Å². The van der Waals surface area contributed by atoms with Gasteiger partial charge in [-0.3, -0.25) is 9.69 Å². The monoisotopic (exact) mass is 242 g/mol. The largest absolute Gasteiger partial charge is 0.379 e. The van der Waals surface area contributed by atoms with E-state index in [4.69, 9.17) is 4.74 Å². The van der Waals surface area contributed by atoms with Crippen LogP contribution < -0.4 is 5.32 Å². The fraction of sp³-hybridized carbons (Fsp3) is 0.769. The van der Waals surface area contributed by atoms with Gasteiger partial charge >= 0.3 is 0 Å². The van der Waals surface area contributed by atoms with Gasteiger partial charge in [0, 0.05) is 31.8 Å². The third kappa shape index (κ3) is 6.44. The molecule has 0 aliphatic carbocycles. The van der Waals surface area contributed by atoms with Crippen molar-refractivity contribution in [2.75, 3.05) is 39.4 Å². The Kier molecular flexibility index (Phi) is 9.77.